The lowest BCUT2D eigenvalue weighted by Gasteiger charge is -2.37. The van der Waals surface area contributed by atoms with Crippen LogP contribution in [-0.4, -0.2) is 59.6 Å². The third-order valence-corrected chi connectivity index (χ3v) is 6.37. The monoisotopic (exact) mass is 442 g/mol. The summed E-state index contributed by atoms with van der Waals surface area (Å²) in [7, 11) is 0. The second-order valence-electron chi connectivity index (χ2n) is 9.18. The maximum atomic E-state index is 10.0. The molecule has 3 N–H and O–H groups in total. The van der Waals surface area contributed by atoms with Crippen LogP contribution in [0.1, 0.15) is 109 Å². The van der Waals surface area contributed by atoms with Crippen molar-refractivity contribution in [2.24, 2.45) is 0 Å². The average molecular weight is 443 g/mol. The van der Waals surface area contributed by atoms with E-state index in [2.05, 4.69) is 6.58 Å². The van der Waals surface area contributed by atoms with Crippen LogP contribution >= 0.6 is 0 Å². The van der Waals surface area contributed by atoms with Gasteiger partial charge in [0.05, 0.1) is 13.2 Å². The molecule has 1 rings (SSSR count). The molecule has 1 heterocycles. The topological polar surface area (TPSA) is 79.2 Å². The Morgan fingerprint density at radius 1 is 0.742 bits per heavy atom. The fraction of sp³-hybridized carbons (Fsp3) is 0.923. The maximum absolute atomic E-state index is 10.0. The van der Waals surface area contributed by atoms with Crippen LogP contribution in [0, 0.1) is 0 Å². The van der Waals surface area contributed by atoms with Gasteiger partial charge in [-0.15, -0.1) is 6.58 Å². The molecule has 4 atom stereocenters. The Hall–Kier alpha value is -0.460. The van der Waals surface area contributed by atoms with Crippen molar-refractivity contribution in [1.29, 1.82) is 0 Å². The molecule has 0 saturated carbocycles. The highest BCUT2D eigenvalue weighted by atomic mass is 16.6. The number of unbranched alkanes of at least 4 members (excludes halogenated alkanes) is 16. The predicted octanol–water partition coefficient (Wildman–Crippen LogP) is 5.30. The molecule has 184 valence electrons. The Labute approximate surface area is 191 Å². The first-order chi connectivity index (χ1) is 15.2. The van der Waals surface area contributed by atoms with Gasteiger partial charge in [0.1, 0.15) is 24.4 Å². The highest BCUT2D eigenvalue weighted by Crippen LogP contribution is 2.19. The second kappa shape index (κ2) is 20.2. The molecule has 0 spiro atoms. The summed E-state index contributed by atoms with van der Waals surface area (Å²) in [6.45, 7) is 4.14. The van der Waals surface area contributed by atoms with Crippen molar-refractivity contribution in [3.05, 3.63) is 12.7 Å². The molecule has 1 aliphatic heterocycles. The first kappa shape index (κ1) is 28.6. The van der Waals surface area contributed by atoms with E-state index in [1.807, 2.05) is 6.08 Å². The molecule has 0 aromatic carbocycles. The van der Waals surface area contributed by atoms with Gasteiger partial charge in [0.2, 0.25) is 0 Å². The Morgan fingerprint density at radius 2 is 1.19 bits per heavy atom. The highest BCUT2D eigenvalue weighted by molar-refractivity contribution is 4.87. The van der Waals surface area contributed by atoms with Crippen LogP contribution in [0.2, 0.25) is 0 Å². The molecule has 0 bridgehead atoms. The molecule has 1 fully saturated rings. The lowest BCUT2D eigenvalue weighted by molar-refractivity contribution is -0.211. The van der Waals surface area contributed by atoms with Crippen molar-refractivity contribution in [2.45, 2.75) is 134 Å². The maximum Gasteiger partial charge on any atom is 0.114 e. The molecule has 31 heavy (non-hydrogen) atoms. The third kappa shape index (κ3) is 14.3. The first-order valence-corrected chi connectivity index (χ1v) is 13.0. The summed E-state index contributed by atoms with van der Waals surface area (Å²) < 4.78 is 11.0. The Balaban J connectivity index is 1.80. The van der Waals surface area contributed by atoms with E-state index in [-0.39, 0.29) is 13.2 Å². The van der Waals surface area contributed by atoms with Crippen LogP contribution in [0.3, 0.4) is 0 Å². The minimum Gasteiger partial charge on any atom is -0.394 e. The zero-order valence-electron chi connectivity index (χ0n) is 19.9. The van der Waals surface area contributed by atoms with Crippen LogP contribution in [0.25, 0.3) is 0 Å². The lowest BCUT2D eigenvalue weighted by atomic mass is 10.0. The smallest absolute Gasteiger partial charge is 0.114 e. The van der Waals surface area contributed by atoms with Crippen LogP contribution in [0.15, 0.2) is 12.7 Å². The predicted molar refractivity (Wildman–Crippen MR) is 127 cm³/mol. The molecular formula is C26H50O5. The van der Waals surface area contributed by atoms with E-state index in [1.165, 1.54) is 96.3 Å². The van der Waals surface area contributed by atoms with Crippen molar-refractivity contribution in [2.75, 3.05) is 19.8 Å². The molecular weight excluding hydrogens is 392 g/mol. The summed E-state index contributed by atoms with van der Waals surface area (Å²) >= 11 is 0. The summed E-state index contributed by atoms with van der Waals surface area (Å²) in [6.07, 6.45) is 21.1. The van der Waals surface area contributed by atoms with Crippen LogP contribution in [0.4, 0.5) is 0 Å². The fourth-order valence-electron chi connectivity index (χ4n) is 4.30. The van der Waals surface area contributed by atoms with Crippen molar-refractivity contribution in [3.63, 3.8) is 0 Å². The first-order valence-electron chi connectivity index (χ1n) is 13.0. The van der Waals surface area contributed by atoms with E-state index in [4.69, 9.17) is 9.47 Å². The number of ether oxygens (including phenoxy) is 2. The van der Waals surface area contributed by atoms with Crippen LogP contribution in [-0.2, 0) is 9.47 Å². The third-order valence-electron chi connectivity index (χ3n) is 6.37. The Morgan fingerprint density at radius 3 is 1.65 bits per heavy atom. The minimum absolute atomic E-state index is 0.0446. The van der Waals surface area contributed by atoms with Crippen LogP contribution in [0.5, 0.6) is 0 Å². The van der Waals surface area contributed by atoms with E-state index in [9.17, 15) is 15.3 Å². The largest absolute Gasteiger partial charge is 0.394 e. The molecule has 0 radical (unpaired) electrons. The molecule has 0 aromatic heterocycles. The minimum atomic E-state index is -0.988. The molecule has 0 aliphatic carbocycles. The molecule has 5 heteroatoms. The summed E-state index contributed by atoms with van der Waals surface area (Å²) in [5, 5.41) is 29.0. The van der Waals surface area contributed by atoms with Crippen molar-refractivity contribution in [1.82, 2.24) is 0 Å². The van der Waals surface area contributed by atoms with Gasteiger partial charge in [-0.1, -0.05) is 96.0 Å². The van der Waals surface area contributed by atoms with Gasteiger partial charge in [-0.05, 0) is 19.3 Å². The van der Waals surface area contributed by atoms with Gasteiger partial charge < -0.3 is 24.8 Å². The summed E-state index contributed by atoms with van der Waals surface area (Å²) in [6, 6.07) is 0. The number of rotatable bonds is 21. The van der Waals surface area contributed by atoms with Crippen molar-refractivity contribution in [3.8, 4) is 0 Å². The molecule has 1 aliphatic rings. The van der Waals surface area contributed by atoms with Crippen LogP contribution < -0.4 is 0 Å². The van der Waals surface area contributed by atoms with Gasteiger partial charge in [-0.3, -0.25) is 0 Å². The second-order valence-corrected chi connectivity index (χ2v) is 9.18. The Bertz CT molecular complexity index is 401. The zero-order chi connectivity index (χ0) is 22.6. The van der Waals surface area contributed by atoms with Gasteiger partial charge in [-0.25, -0.2) is 0 Å². The summed E-state index contributed by atoms with van der Waals surface area (Å²) in [5.74, 6) is 0. The summed E-state index contributed by atoms with van der Waals surface area (Å²) in [5.41, 5.74) is 0. The lowest BCUT2D eigenvalue weighted by Crippen LogP contribution is -2.55. The molecule has 1 saturated heterocycles. The van der Waals surface area contributed by atoms with E-state index in [0.29, 0.717) is 6.61 Å². The Kier molecular flexibility index (Phi) is 18.6. The zero-order valence-corrected chi connectivity index (χ0v) is 19.9. The number of hydrogen-bond acceptors (Lipinski definition) is 5. The van der Waals surface area contributed by atoms with E-state index in [0.717, 1.165) is 12.8 Å². The van der Waals surface area contributed by atoms with E-state index >= 15 is 0 Å². The van der Waals surface area contributed by atoms with E-state index < -0.39 is 24.4 Å². The number of hydrogen-bond donors (Lipinski definition) is 3. The van der Waals surface area contributed by atoms with Gasteiger partial charge >= 0.3 is 0 Å². The van der Waals surface area contributed by atoms with Gasteiger partial charge in [0.15, 0.2) is 0 Å². The fourth-order valence-corrected chi connectivity index (χ4v) is 4.30. The number of aliphatic hydroxyl groups is 3. The standard InChI is InChI=1S/C26H50O5/c1-2-3-4-5-6-7-8-9-10-11-12-13-14-15-16-17-18-19-20-30-26-24(21-27)31-22-23(28)25(26)29/h2,23-29H,1,3-22H2/t23-,24+,25+,26+/m1/s1. The van der Waals surface area contributed by atoms with E-state index in [1.54, 1.807) is 0 Å². The van der Waals surface area contributed by atoms with Crippen molar-refractivity contribution < 1.29 is 24.8 Å². The molecule has 0 unspecified atom stereocenters. The van der Waals surface area contributed by atoms with Crippen molar-refractivity contribution >= 4 is 0 Å². The SMILES string of the molecule is C=CCCCCCCCCCCCCCCCCCCO[C@@H]1[C@@H](O)[C@H](O)CO[C@H]1CO. The van der Waals surface area contributed by atoms with Gasteiger partial charge in [0.25, 0.3) is 0 Å². The summed E-state index contributed by atoms with van der Waals surface area (Å²) in [4.78, 5) is 0. The van der Waals surface area contributed by atoms with Gasteiger partial charge in [0, 0.05) is 6.61 Å². The van der Waals surface area contributed by atoms with Gasteiger partial charge in [-0.2, -0.15) is 0 Å². The highest BCUT2D eigenvalue weighted by Gasteiger charge is 2.39. The quantitative estimate of drug-likeness (QED) is 0.166. The molecule has 0 amide bonds. The number of allylic oxidation sites excluding steroid dienone is 1. The normalized spacial score (nSPS) is 23.8. The number of aliphatic hydroxyl groups excluding tert-OH is 3. The molecule has 5 nitrogen and oxygen atoms in total. The molecule has 0 aromatic rings. The average Bonchev–Trinajstić information content (AvgIpc) is 2.78.